The maximum Gasteiger partial charge on any atom is 0.430 e. The molecule has 0 aliphatic carbocycles. The van der Waals surface area contributed by atoms with Crippen LogP contribution in [0.15, 0.2) is 18.2 Å². The summed E-state index contributed by atoms with van der Waals surface area (Å²) >= 11 is 7.62. The molecule has 1 amide bonds. The number of carbonyl (C=O) groups excluding carboxylic acids is 1. The molecule has 1 fully saturated rings. The van der Waals surface area contributed by atoms with Crippen molar-refractivity contribution in [1.29, 1.82) is 0 Å². The smallest absolute Gasteiger partial charge is 0.367 e. The summed E-state index contributed by atoms with van der Waals surface area (Å²) in [5.41, 5.74) is -4.75. The van der Waals surface area contributed by atoms with Gasteiger partial charge in [0.2, 0.25) is 5.91 Å². The van der Waals surface area contributed by atoms with Crippen molar-refractivity contribution in [2.75, 3.05) is 43.3 Å². The molecule has 0 aromatic heterocycles. The van der Waals surface area contributed by atoms with Gasteiger partial charge < -0.3 is 19.3 Å². The van der Waals surface area contributed by atoms with Crippen LogP contribution in [0.5, 0.6) is 0 Å². The first-order chi connectivity index (χ1) is 19.8. The van der Waals surface area contributed by atoms with Gasteiger partial charge in [0.05, 0.1) is 10.7 Å². The number of carbonyl (C=O) groups is 1. The second-order valence-electron chi connectivity index (χ2n) is 10.6. The molecule has 1 aromatic carbocycles. The number of hydrogen-bond donors (Lipinski definition) is 1. The number of anilines is 1. The summed E-state index contributed by atoms with van der Waals surface area (Å²) < 4.78 is 96.0. The quantitative estimate of drug-likeness (QED) is 0.0586. The first-order valence-corrected chi connectivity index (χ1v) is 16.2. The summed E-state index contributed by atoms with van der Waals surface area (Å²) in [6.45, 7) is 3.73. The van der Waals surface area contributed by atoms with Crippen molar-refractivity contribution in [2.45, 2.75) is 101 Å². The van der Waals surface area contributed by atoms with E-state index < -0.39 is 35.7 Å². The van der Waals surface area contributed by atoms with Crippen LogP contribution < -0.4 is 4.90 Å². The van der Waals surface area contributed by atoms with E-state index >= 15 is 0 Å². The number of benzene rings is 1. The highest BCUT2D eigenvalue weighted by atomic mass is 79.9. The van der Waals surface area contributed by atoms with E-state index in [1.807, 2.05) is 4.90 Å². The summed E-state index contributed by atoms with van der Waals surface area (Å²) in [5.74, 6) is -0.152. The van der Waals surface area contributed by atoms with Gasteiger partial charge in [0, 0.05) is 37.5 Å². The lowest BCUT2D eigenvalue weighted by Gasteiger charge is -2.41. The van der Waals surface area contributed by atoms with Crippen LogP contribution in [0.3, 0.4) is 0 Å². The number of nitrogens with zero attached hydrogens (tertiary/aromatic N) is 2. The Bertz CT molecular complexity index is 952. The first kappa shape index (κ1) is 37.0. The van der Waals surface area contributed by atoms with Gasteiger partial charge in [0.1, 0.15) is 6.79 Å². The lowest BCUT2D eigenvalue weighted by Crippen LogP contribution is -2.56. The van der Waals surface area contributed by atoms with Gasteiger partial charge in [-0.1, -0.05) is 93.3 Å². The molecule has 1 saturated heterocycles. The van der Waals surface area contributed by atoms with E-state index in [0.717, 1.165) is 50.7 Å². The minimum absolute atomic E-state index is 0.00916. The maximum atomic E-state index is 14.4. The monoisotopic (exact) mass is 692 g/mol. The largest absolute Gasteiger partial charge is 0.430 e. The standard InChI is InChI=1S/C29H43BrF6N2O3S/c1-3-5-6-7-8-9-10-11-17-40-21-41-27(28(31,32)33,29(34,35)36)23-13-14-24(22(18-23)12-4-2)37-15-16-38(25(39)19-30)26(42)20-37/h13-14,18,26,42H,3-12,15-17,19-21H2,1-2H3/t26-/m1/s1. The molecule has 0 N–H and O–H groups in total. The minimum atomic E-state index is -5.80. The van der Waals surface area contributed by atoms with E-state index in [9.17, 15) is 31.1 Å². The average Bonchev–Trinajstić information content (AvgIpc) is 2.92. The molecule has 242 valence electrons. The van der Waals surface area contributed by atoms with Crippen molar-refractivity contribution >= 4 is 40.2 Å². The number of amides is 1. The fraction of sp³-hybridized carbons (Fsp3) is 0.759. The second kappa shape index (κ2) is 17.3. The Labute approximate surface area is 259 Å². The topological polar surface area (TPSA) is 42.0 Å². The molecule has 0 saturated carbocycles. The molecule has 0 spiro atoms. The fourth-order valence-electron chi connectivity index (χ4n) is 5.20. The van der Waals surface area contributed by atoms with E-state index in [1.54, 1.807) is 11.8 Å². The summed E-state index contributed by atoms with van der Waals surface area (Å²) in [5, 5.41) is -0.358. The molecule has 1 aliphatic heterocycles. The average molecular weight is 694 g/mol. The Balaban J connectivity index is 2.21. The number of ether oxygens (including phenoxy) is 2. The van der Waals surface area contributed by atoms with E-state index in [4.69, 9.17) is 4.74 Å². The molecular weight excluding hydrogens is 650 g/mol. The normalized spacial score (nSPS) is 16.8. The van der Waals surface area contributed by atoms with Gasteiger partial charge in [-0.25, -0.2) is 0 Å². The van der Waals surface area contributed by atoms with Crippen molar-refractivity contribution in [3.8, 4) is 0 Å². The SMILES string of the molecule is CCCCCCCCCCOCOC(c1ccc(N2CCN(C(=O)CBr)[C@H](S)C2)c(CCC)c1)(C(F)(F)F)C(F)(F)F. The lowest BCUT2D eigenvalue weighted by atomic mass is 9.89. The highest BCUT2D eigenvalue weighted by Gasteiger charge is 2.73. The molecule has 42 heavy (non-hydrogen) atoms. The van der Waals surface area contributed by atoms with Gasteiger partial charge in [0.15, 0.2) is 0 Å². The number of rotatable bonds is 17. The zero-order valence-corrected chi connectivity index (χ0v) is 26.8. The number of thiol groups is 1. The lowest BCUT2D eigenvalue weighted by molar-refractivity contribution is -0.401. The third-order valence-corrected chi connectivity index (χ3v) is 8.36. The van der Waals surface area contributed by atoms with Crippen LogP contribution in [0, 0.1) is 0 Å². The predicted molar refractivity (Wildman–Crippen MR) is 159 cm³/mol. The molecule has 1 aromatic rings. The van der Waals surface area contributed by atoms with Crippen LogP contribution in [0.1, 0.15) is 82.8 Å². The van der Waals surface area contributed by atoms with Crippen molar-refractivity contribution in [2.24, 2.45) is 0 Å². The van der Waals surface area contributed by atoms with Crippen molar-refractivity contribution in [3.63, 3.8) is 0 Å². The number of hydrogen-bond acceptors (Lipinski definition) is 5. The number of aryl methyl sites for hydroxylation is 1. The third-order valence-electron chi connectivity index (χ3n) is 7.43. The van der Waals surface area contributed by atoms with Gasteiger partial charge >= 0.3 is 12.4 Å². The van der Waals surface area contributed by atoms with Crippen molar-refractivity contribution in [3.05, 3.63) is 29.3 Å². The van der Waals surface area contributed by atoms with Gasteiger partial charge in [0.25, 0.3) is 5.60 Å². The Morgan fingerprint density at radius 3 is 2.12 bits per heavy atom. The fourth-order valence-corrected chi connectivity index (χ4v) is 5.96. The van der Waals surface area contributed by atoms with Crippen LogP contribution in [0.25, 0.3) is 0 Å². The van der Waals surface area contributed by atoms with Crippen LogP contribution in [-0.4, -0.2) is 66.9 Å². The van der Waals surface area contributed by atoms with Gasteiger partial charge in [-0.05, 0) is 24.5 Å². The van der Waals surface area contributed by atoms with E-state index in [1.165, 1.54) is 12.5 Å². The molecule has 0 bridgehead atoms. The minimum Gasteiger partial charge on any atom is -0.367 e. The molecule has 1 heterocycles. The highest BCUT2D eigenvalue weighted by Crippen LogP contribution is 2.53. The van der Waals surface area contributed by atoms with Gasteiger partial charge in [-0.15, -0.1) is 0 Å². The molecule has 1 atom stereocenters. The zero-order chi connectivity index (χ0) is 31.4. The molecule has 1 aliphatic rings. The van der Waals surface area contributed by atoms with Gasteiger partial charge in [-0.3, -0.25) is 4.79 Å². The Kier molecular flexibility index (Phi) is 15.3. The van der Waals surface area contributed by atoms with E-state index in [-0.39, 0.29) is 30.8 Å². The summed E-state index contributed by atoms with van der Waals surface area (Å²) in [7, 11) is 0. The molecule has 0 unspecified atom stereocenters. The third kappa shape index (κ3) is 9.66. The van der Waals surface area contributed by atoms with Crippen LogP contribution in [0.2, 0.25) is 0 Å². The Morgan fingerprint density at radius 2 is 1.57 bits per heavy atom. The number of halogens is 7. The van der Waals surface area contributed by atoms with Crippen molar-refractivity contribution in [1.82, 2.24) is 4.90 Å². The van der Waals surface area contributed by atoms with Crippen LogP contribution in [-0.2, 0) is 26.3 Å². The molecule has 2 rings (SSSR count). The van der Waals surface area contributed by atoms with E-state index in [2.05, 4.69) is 40.2 Å². The van der Waals surface area contributed by atoms with Crippen molar-refractivity contribution < 1.29 is 40.6 Å². The number of alkyl halides is 7. The Hall–Kier alpha value is -1.18. The zero-order valence-electron chi connectivity index (χ0n) is 24.3. The first-order valence-electron chi connectivity index (χ1n) is 14.6. The highest BCUT2D eigenvalue weighted by molar-refractivity contribution is 9.09. The summed E-state index contributed by atoms with van der Waals surface area (Å²) in [4.78, 5) is 15.5. The van der Waals surface area contributed by atoms with Crippen LogP contribution >= 0.6 is 28.6 Å². The molecular formula is C29H43BrF6N2O3S. The van der Waals surface area contributed by atoms with Gasteiger partial charge in [-0.2, -0.15) is 39.0 Å². The molecule has 5 nitrogen and oxygen atoms in total. The summed E-state index contributed by atoms with van der Waals surface area (Å²) in [6.07, 6.45) is -2.98. The number of unbranched alkanes of at least 4 members (excludes halogenated alkanes) is 7. The summed E-state index contributed by atoms with van der Waals surface area (Å²) in [6, 6.07) is 3.05. The van der Waals surface area contributed by atoms with Crippen LogP contribution in [0.4, 0.5) is 32.0 Å². The predicted octanol–water partition coefficient (Wildman–Crippen LogP) is 8.39. The molecule has 0 radical (unpaired) electrons. The maximum absolute atomic E-state index is 14.4. The number of piperazine rings is 1. The Morgan fingerprint density at radius 1 is 0.952 bits per heavy atom. The second-order valence-corrected chi connectivity index (χ2v) is 11.7. The molecule has 13 heteroatoms. The van der Waals surface area contributed by atoms with E-state index in [0.29, 0.717) is 37.2 Å².